The van der Waals surface area contributed by atoms with Crippen LogP contribution in [0.15, 0.2) is 0 Å². The van der Waals surface area contributed by atoms with E-state index in [0.717, 1.165) is 0 Å². The van der Waals surface area contributed by atoms with Crippen molar-refractivity contribution in [2.45, 2.75) is 38.4 Å². The summed E-state index contributed by atoms with van der Waals surface area (Å²) >= 11 is 7.83. The fraction of sp³-hybridized carbons (Fsp3) is 0.750. The molecule has 0 aliphatic carbocycles. The van der Waals surface area contributed by atoms with Gasteiger partial charge in [-0.2, -0.15) is 25.3 Å². The molecule has 0 aliphatic rings. The van der Waals surface area contributed by atoms with Crippen LogP contribution in [0.5, 0.6) is 0 Å². The molecule has 5 N–H and O–H groups in total. The van der Waals surface area contributed by atoms with Crippen LogP contribution >= 0.6 is 25.3 Å². The zero-order chi connectivity index (χ0) is 16.6. The lowest BCUT2D eigenvalue weighted by Gasteiger charge is -2.21. The number of nitrogens with one attached hydrogen (secondary N) is 2. The maximum absolute atomic E-state index is 11.9. The van der Waals surface area contributed by atoms with Crippen LogP contribution in [0, 0.1) is 5.92 Å². The Morgan fingerprint density at radius 3 is 1.90 bits per heavy atom. The Balaban J connectivity index is 4.59. The zero-order valence-corrected chi connectivity index (χ0v) is 13.9. The smallest absolute Gasteiger partial charge is 0.327 e. The SMILES string of the molecule is CC(C)C[C@H](N)C(=O)N[C@@H](CS)C(=O)N[C@@H](CS)C(=O)O. The molecule has 122 valence electrons. The Morgan fingerprint density at radius 1 is 1.05 bits per heavy atom. The van der Waals surface area contributed by atoms with Gasteiger partial charge in [-0.3, -0.25) is 9.59 Å². The number of nitrogens with two attached hydrogens (primary N) is 1. The number of hydrogen-bond donors (Lipinski definition) is 6. The van der Waals surface area contributed by atoms with Crippen LogP contribution < -0.4 is 16.4 Å². The molecule has 0 saturated carbocycles. The van der Waals surface area contributed by atoms with Crippen LogP contribution in [0.4, 0.5) is 0 Å². The van der Waals surface area contributed by atoms with Crippen LogP contribution in [0.3, 0.4) is 0 Å². The molecular weight excluding hydrogens is 314 g/mol. The summed E-state index contributed by atoms with van der Waals surface area (Å²) in [5, 5.41) is 13.6. The van der Waals surface area contributed by atoms with Gasteiger partial charge < -0.3 is 21.5 Å². The molecule has 9 heteroatoms. The Labute approximate surface area is 135 Å². The van der Waals surface area contributed by atoms with E-state index in [1.165, 1.54) is 0 Å². The van der Waals surface area contributed by atoms with Gasteiger partial charge in [0.25, 0.3) is 0 Å². The summed E-state index contributed by atoms with van der Waals surface area (Å²) in [6.45, 7) is 3.86. The van der Waals surface area contributed by atoms with E-state index < -0.39 is 35.9 Å². The van der Waals surface area contributed by atoms with E-state index >= 15 is 0 Å². The molecule has 0 aromatic heterocycles. The quantitative estimate of drug-likeness (QED) is 0.310. The molecule has 7 nitrogen and oxygen atoms in total. The number of rotatable bonds is 9. The van der Waals surface area contributed by atoms with E-state index in [1.54, 1.807) is 0 Å². The summed E-state index contributed by atoms with van der Waals surface area (Å²) in [7, 11) is 0. The van der Waals surface area contributed by atoms with Gasteiger partial charge in [0.15, 0.2) is 0 Å². The van der Waals surface area contributed by atoms with E-state index in [9.17, 15) is 14.4 Å². The van der Waals surface area contributed by atoms with Crippen molar-refractivity contribution in [3.05, 3.63) is 0 Å². The van der Waals surface area contributed by atoms with Gasteiger partial charge in [-0.05, 0) is 12.3 Å². The summed E-state index contributed by atoms with van der Waals surface area (Å²) in [5.41, 5.74) is 5.72. The van der Waals surface area contributed by atoms with Crippen molar-refractivity contribution in [1.82, 2.24) is 10.6 Å². The second-order valence-corrected chi connectivity index (χ2v) is 5.79. The fourth-order valence-electron chi connectivity index (χ4n) is 1.55. The first kappa shape index (κ1) is 20.1. The third-order valence-electron chi connectivity index (χ3n) is 2.67. The minimum atomic E-state index is -1.20. The molecule has 0 bridgehead atoms. The predicted molar refractivity (Wildman–Crippen MR) is 86.6 cm³/mol. The van der Waals surface area contributed by atoms with Gasteiger partial charge >= 0.3 is 5.97 Å². The molecule has 0 fully saturated rings. The van der Waals surface area contributed by atoms with Crippen molar-refractivity contribution in [3.63, 3.8) is 0 Å². The molecule has 3 atom stereocenters. The van der Waals surface area contributed by atoms with Crippen molar-refractivity contribution in [3.8, 4) is 0 Å². The highest BCUT2D eigenvalue weighted by atomic mass is 32.1. The summed E-state index contributed by atoms with van der Waals surface area (Å²) in [5.74, 6) is -2.06. The van der Waals surface area contributed by atoms with Gasteiger partial charge in [-0.25, -0.2) is 4.79 Å². The highest BCUT2D eigenvalue weighted by molar-refractivity contribution is 7.80. The van der Waals surface area contributed by atoms with Crippen molar-refractivity contribution in [2.75, 3.05) is 11.5 Å². The molecule has 0 aromatic rings. The Hall–Kier alpha value is -0.930. The molecule has 2 amide bonds. The molecule has 0 aliphatic heterocycles. The maximum Gasteiger partial charge on any atom is 0.327 e. The first-order valence-corrected chi connectivity index (χ1v) is 7.80. The Kier molecular flexibility index (Phi) is 9.47. The molecule has 0 aromatic carbocycles. The number of thiol groups is 2. The number of carbonyl (C=O) groups is 3. The summed E-state index contributed by atoms with van der Waals surface area (Å²) in [6, 6.07) is -2.79. The lowest BCUT2D eigenvalue weighted by atomic mass is 10.0. The number of carboxylic acid groups (broad SMARTS) is 1. The maximum atomic E-state index is 11.9. The Bertz CT molecular complexity index is 380. The monoisotopic (exact) mass is 337 g/mol. The summed E-state index contributed by atoms with van der Waals surface area (Å²) < 4.78 is 0. The van der Waals surface area contributed by atoms with Crippen LogP contribution in [0.2, 0.25) is 0 Å². The topological polar surface area (TPSA) is 122 Å². The number of carboxylic acids is 1. The van der Waals surface area contributed by atoms with E-state index in [-0.39, 0.29) is 17.4 Å². The van der Waals surface area contributed by atoms with Gasteiger partial charge in [0, 0.05) is 11.5 Å². The predicted octanol–water partition coefficient (Wildman–Crippen LogP) is -0.726. The second kappa shape index (κ2) is 9.91. The largest absolute Gasteiger partial charge is 0.480 e. The number of aliphatic carboxylic acids is 1. The first-order chi connectivity index (χ1) is 9.72. The van der Waals surface area contributed by atoms with Crippen molar-refractivity contribution in [2.24, 2.45) is 11.7 Å². The van der Waals surface area contributed by atoms with Crippen molar-refractivity contribution >= 4 is 43.0 Å². The van der Waals surface area contributed by atoms with Crippen LogP contribution in [0.1, 0.15) is 20.3 Å². The average Bonchev–Trinajstić information content (AvgIpc) is 2.40. The van der Waals surface area contributed by atoms with Crippen LogP contribution in [-0.2, 0) is 14.4 Å². The van der Waals surface area contributed by atoms with E-state index in [2.05, 4.69) is 35.9 Å². The Morgan fingerprint density at radius 2 is 1.52 bits per heavy atom. The van der Waals surface area contributed by atoms with Gasteiger partial charge in [0.1, 0.15) is 12.1 Å². The number of hydrogen-bond acceptors (Lipinski definition) is 6. The molecule has 0 saturated heterocycles. The van der Waals surface area contributed by atoms with Gasteiger partial charge in [0.2, 0.25) is 11.8 Å². The minimum Gasteiger partial charge on any atom is -0.480 e. The summed E-state index contributed by atoms with van der Waals surface area (Å²) in [6.07, 6.45) is 0.487. The van der Waals surface area contributed by atoms with Crippen LogP contribution in [-0.4, -0.2) is 52.5 Å². The lowest BCUT2D eigenvalue weighted by molar-refractivity contribution is -0.141. The van der Waals surface area contributed by atoms with E-state index in [1.807, 2.05) is 13.8 Å². The molecule has 0 rings (SSSR count). The fourth-order valence-corrected chi connectivity index (χ4v) is 2.05. The van der Waals surface area contributed by atoms with E-state index in [0.29, 0.717) is 6.42 Å². The third-order valence-corrected chi connectivity index (χ3v) is 3.41. The van der Waals surface area contributed by atoms with Gasteiger partial charge in [-0.15, -0.1) is 0 Å². The number of carbonyl (C=O) groups excluding carboxylic acids is 2. The highest BCUT2D eigenvalue weighted by Gasteiger charge is 2.26. The average molecular weight is 337 g/mol. The van der Waals surface area contributed by atoms with Gasteiger partial charge in [0.05, 0.1) is 6.04 Å². The molecule has 0 heterocycles. The first-order valence-electron chi connectivity index (χ1n) is 6.53. The van der Waals surface area contributed by atoms with Crippen LogP contribution in [0.25, 0.3) is 0 Å². The second-order valence-electron chi connectivity index (χ2n) is 5.06. The number of amides is 2. The molecular formula is C12H23N3O4S2. The lowest BCUT2D eigenvalue weighted by Crippen LogP contribution is -2.55. The van der Waals surface area contributed by atoms with E-state index in [4.69, 9.17) is 10.8 Å². The molecule has 0 radical (unpaired) electrons. The summed E-state index contributed by atoms with van der Waals surface area (Å²) in [4.78, 5) is 34.6. The zero-order valence-electron chi connectivity index (χ0n) is 12.1. The highest BCUT2D eigenvalue weighted by Crippen LogP contribution is 2.03. The molecule has 21 heavy (non-hydrogen) atoms. The third kappa shape index (κ3) is 7.58. The standard InChI is InChI=1S/C12H23N3O4S2/c1-6(2)3-7(13)10(16)14-8(4-20)11(17)15-9(5-21)12(18)19/h6-9,20-21H,3-5,13H2,1-2H3,(H,14,16)(H,15,17)(H,18,19)/t7-,8-,9-/m0/s1. The van der Waals surface area contributed by atoms with Crippen molar-refractivity contribution in [1.29, 1.82) is 0 Å². The van der Waals surface area contributed by atoms with Gasteiger partial charge in [-0.1, -0.05) is 13.8 Å². The normalized spacial score (nSPS) is 15.1. The minimum absolute atomic E-state index is 0.0326. The molecule has 0 unspecified atom stereocenters. The molecule has 0 spiro atoms. The van der Waals surface area contributed by atoms with Crippen molar-refractivity contribution < 1.29 is 19.5 Å².